The molecule has 0 saturated heterocycles. The van der Waals surface area contributed by atoms with Crippen molar-refractivity contribution < 1.29 is 0 Å². The summed E-state index contributed by atoms with van der Waals surface area (Å²) >= 11 is 6.26. The highest BCUT2D eigenvalue weighted by Gasteiger charge is 1.72. The van der Waals surface area contributed by atoms with Crippen LogP contribution >= 0.6 is 31.9 Å². The third-order valence-electron chi connectivity index (χ3n) is 0.272. The molecule has 0 atom stereocenters. The number of hydrogen-bond acceptors (Lipinski definition) is 0. The van der Waals surface area contributed by atoms with Crippen molar-refractivity contribution in [3.8, 4) is 0 Å². The van der Waals surface area contributed by atoms with Gasteiger partial charge in [0.05, 0.1) is 11.2 Å². The van der Waals surface area contributed by atoms with Crippen molar-refractivity contribution in [3.63, 3.8) is 0 Å². The molecule has 0 rings (SSSR count). The van der Waals surface area contributed by atoms with E-state index in [1.54, 1.807) is 0 Å². The van der Waals surface area contributed by atoms with Gasteiger partial charge < -0.3 is 0 Å². The van der Waals surface area contributed by atoms with Crippen LogP contribution in [0.1, 0.15) is 0 Å². The van der Waals surface area contributed by atoms with Crippen LogP contribution < -0.4 is 0 Å². The van der Waals surface area contributed by atoms with Crippen molar-refractivity contribution in [2.75, 3.05) is 0 Å². The minimum absolute atomic E-state index is 0.575. The Balaban J connectivity index is 3.14. The zero-order valence-electron chi connectivity index (χ0n) is 3.12. The molecule has 0 aliphatic carbocycles. The minimum atomic E-state index is 0.575. The minimum Gasteiger partial charge on any atom is -0.0718 e. The molecule has 0 N–H and O–H groups in total. The lowest BCUT2D eigenvalue weighted by Crippen LogP contribution is -1.54. The highest BCUT2D eigenvalue weighted by molar-refractivity contribution is 9.28. The molecule has 0 aliphatic rings. The van der Waals surface area contributed by atoms with E-state index in [1.165, 1.54) is 0 Å². The first kappa shape index (κ1) is 6.76. The van der Waals surface area contributed by atoms with Gasteiger partial charge in [-0.15, -0.1) is 0 Å². The smallest absolute Gasteiger partial charge is 0.0709 e. The van der Waals surface area contributed by atoms with E-state index in [2.05, 4.69) is 31.9 Å². The van der Waals surface area contributed by atoms with Gasteiger partial charge in [0.2, 0.25) is 0 Å². The molecule has 0 fully saturated rings. The van der Waals surface area contributed by atoms with Crippen molar-refractivity contribution in [1.82, 2.24) is 0 Å². The lowest BCUT2D eigenvalue weighted by atomic mass is 10.1. The maximum atomic E-state index is 5.09. The quantitative estimate of drug-likeness (QED) is 0.581. The lowest BCUT2D eigenvalue weighted by molar-refractivity contribution is 1.75. The van der Waals surface area contributed by atoms with Gasteiger partial charge in [-0.2, -0.15) is 0 Å². The molecular formula is C3H3BBr2. The van der Waals surface area contributed by atoms with E-state index in [1.807, 2.05) is 6.08 Å². The Morgan fingerprint density at radius 2 is 2.17 bits per heavy atom. The Bertz CT molecular complexity index is 55.8. The second-order valence-electron chi connectivity index (χ2n) is 0.729. The summed E-state index contributed by atoms with van der Waals surface area (Å²) in [6, 6.07) is 0. The monoisotopic (exact) mass is 208 g/mol. The van der Waals surface area contributed by atoms with E-state index < -0.39 is 0 Å². The van der Waals surface area contributed by atoms with Crippen LogP contribution in [0.4, 0.5) is 0 Å². The summed E-state index contributed by atoms with van der Waals surface area (Å²) in [6.07, 6.45) is 2.39. The Morgan fingerprint density at radius 3 is 2.17 bits per heavy atom. The average Bonchev–Trinajstić information content (AvgIpc) is 1.35. The summed E-state index contributed by atoms with van der Waals surface area (Å²) in [4.78, 5) is 0. The summed E-state index contributed by atoms with van der Waals surface area (Å²) in [5.41, 5.74) is 0. The first-order chi connectivity index (χ1) is 2.77. The van der Waals surface area contributed by atoms with Crippen LogP contribution in [0.15, 0.2) is 9.47 Å². The van der Waals surface area contributed by atoms with Crippen LogP contribution in [-0.4, -0.2) is 7.85 Å². The number of halogens is 2. The summed E-state index contributed by atoms with van der Waals surface area (Å²) in [5, 5.41) is 0. The predicted molar refractivity (Wildman–Crippen MR) is 36.5 cm³/mol. The molecule has 0 saturated carbocycles. The maximum absolute atomic E-state index is 5.09. The van der Waals surface area contributed by atoms with Crippen molar-refractivity contribution in [2.24, 2.45) is 0 Å². The molecule has 0 spiro atoms. The van der Waals surface area contributed by atoms with Gasteiger partial charge in [0.25, 0.3) is 0 Å². The fraction of sp³-hybridized carbons (Fsp3) is 0.333. The van der Waals surface area contributed by atoms with E-state index in [0.29, 0.717) is 6.32 Å². The first-order valence-corrected chi connectivity index (χ1v) is 3.07. The molecule has 0 unspecified atom stereocenters. The molecule has 0 aromatic carbocycles. The molecule has 0 bridgehead atoms. The van der Waals surface area contributed by atoms with Gasteiger partial charge in [-0.3, -0.25) is 0 Å². The fourth-order valence-electron chi connectivity index (χ4n) is 0.0891. The van der Waals surface area contributed by atoms with Crippen LogP contribution in [0.5, 0.6) is 0 Å². The Kier molecular flexibility index (Phi) is 4.44. The summed E-state index contributed by atoms with van der Waals surface area (Å²) in [5.74, 6) is 0. The van der Waals surface area contributed by atoms with Crippen molar-refractivity contribution in [2.45, 2.75) is 6.32 Å². The van der Waals surface area contributed by atoms with E-state index >= 15 is 0 Å². The first-order valence-electron chi connectivity index (χ1n) is 1.48. The van der Waals surface area contributed by atoms with Gasteiger partial charge in [0, 0.05) is 0 Å². The third-order valence-corrected chi connectivity index (χ3v) is 0.920. The Morgan fingerprint density at radius 1 is 1.67 bits per heavy atom. The molecule has 2 radical (unpaired) electrons. The zero-order valence-corrected chi connectivity index (χ0v) is 6.29. The van der Waals surface area contributed by atoms with Crippen LogP contribution in [0.25, 0.3) is 0 Å². The molecule has 0 heterocycles. The molecule has 3 heteroatoms. The molecule has 0 aliphatic heterocycles. The van der Waals surface area contributed by atoms with Crippen molar-refractivity contribution >= 4 is 39.7 Å². The lowest BCUT2D eigenvalue weighted by Gasteiger charge is -1.75. The molecule has 0 amide bonds. The molecular weight excluding hydrogens is 207 g/mol. The van der Waals surface area contributed by atoms with E-state index in [9.17, 15) is 0 Å². The topological polar surface area (TPSA) is 0 Å². The van der Waals surface area contributed by atoms with Gasteiger partial charge in [-0.1, -0.05) is 12.4 Å². The van der Waals surface area contributed by atoms with Crippen LogP contribution in [0.2, 0.25) is 6.32 Å². The number of hydrogen-bond donors (Lipinski definition) is 0. The highest BCUT2D eigenvalue weighted by Crippen LogP contribution is 2.12. The highest BCUT2D eigenvalue weighted by atomic mass is 79.9. The zero-order chi connectivity index (χ0) is 4.99. The summed E-state index contributed by atoms with van der Waals surface area (Å²) < 4.78 is 0.914. The van der Waals surface area contributed by atoms with Crippen LogP contribution in [-0.2, 0) is 0 Å². The second-order valence-corrected chi connectivity index (χ2v) is 3.50. The molecule has 0 aromatic rings. The largest absolute Gasteiger partial charge is 0.0718 e. The average molecular weight is 210 g/mol. The van der Waals surface area contributed by atoms with Crippen molar-refractivity contribution in [1.29, 1.82) is 0 Å². The van der Waals surface area contributed by atoms with Gasteiger partial charge in [0.1, 0.15) is 0 Å². The van der Waals surface area contributed by atoms with Gasteiger partial charge >= 0.3 is 0 Å². The Hall–Kier alpha value is 0.765. The SMILES string of the molecule is [B]CC=C(Br)Br. The maximum Gasteiger partial charge on any atom is 0.0709 e. The Labute approximate surface area is 55.7 Å². The van der Waals surface area contributed by atoms with Crippen LogP contribution in [0.3, 0.4) is 0 Å². The standard InChI is InChI=1S/C3H3BBr2/c4-2-1-3(5)6/h1H,2H2. The summed E-state index contributed by atoms with van der Waals surface area (Å²) in [7, 11) is 5.09. The van der Waals surface area contributed by atoms with E-state index in [4.69, 9.17) is 7.85 Å². The van der Waals surface area contributed by atoms with Gasteiger partial charge in [0.15, 0.2) is 0 Å². The predicted octanol–water partition coefficient (Wildman–Crippen LogP) is 2.20. The molecule has 0 nitrogen and oxygen atoms in total. The molecule has 6 heavy (non-hydrogen) atoms. The van der Waals surface area contributed by atoms with Crippen molar-refractivity contribution in [3.05, 3.63) is 9.47 Å². The number of allylic oxidation sites excluding steroid dienone is 1. The van der Waals surface area contributed by atoms with Crippen LogP contribution in [0, 0.1) is 0 Å². The van der Waals surface area contributed by atoms with E-state index in [-0.39, 0.29) is 0 Å². The fourth-order valence-corrected chi connectivity index (χ4v) is 0.463. The normalized spacial score (nSPS) is 7.67. The third kappa shape index (κ3) is 4.76. The molecule has 32 valence electrons. The van der Waals surface area contributed by atoms with Gasteiger partial charge in [-0.25, -0.2) is 0 Å². The second kappa shape index (κ2) is 3.94. The summed E-state index contributed by atoms with van der Waals surface area (Å²) in [6.45, 7) is 0. The van der Waals surface area contributed by atoms with E-state index in [0.717, 1.165) is 3.39 Å². The van der Waals surface area contributed by atoms with Gasteiger partial charge in [-0.05, 0) is 31.9 Å². The molecule has 0 aromatic heterocycles. The number of rotatable bonds is 1.